The van der Waals surface area contributed by atoms with E-state index in [2.05, 4.69) is 10.6 Å². The van der Waals surface area contributed by atoms with Gasteiger partial charge < -0.3 is 21.1 Å². The molecule has 7 heteroatoms. The number of carbonyl (C=O) groups is 2. The number of nitrogens with two attached hydrogens (primary N) is 1. The molecular weight excluding hydrogens is 301 g/mol. The average Bonchev–Trinajstić information content (AvgIpc) is 2.66. The summed E-state index contributed by atoms with van der Waals surface area (Å²) in [5, 5.41) is 5.40. The fourth-order valence-electron chi connectivity index (χ4n) is 2.60. The summed E-state index contributed by atoms with van der Waals surface area (Å²) in [6.07, 6.45) is 1.39. The first kappa shape index (κ1) is 17.1. The number of hydrogen-bond acceptors (Lipinski definition) is 3. The van der Waals surface area contributed by atoms with Crippen molar-refractivity contribution in [3.05, 3.63) is 29.6 Å². The quantitative estimate of drug-likeness (QED) is 0.789. The zero-order chi connectivity index (χ0) is 17.0. The number of urea groups is 1. The minimum atomic E-state index is -0.746. The van der Waals surface area contributed by atoms with E-state index in [0.29, 0.717) is 18.8 Å². The van der Waals surface area contributed by atoms with Gasteiger partial charge in [0, 0.05) is 11.6 Å². The van der Waals surface area contributed by atoms with Crippen molar-refractivity contribution in [3.63, 3.8) is 0 Å². The molecule has 1 aliphatic heterocycles. The molecule has 6 nitrogen and oxygen atoms in total. The minimum Gasteiger partial charge on any atom is -0.493 e. The molecule has 23 heavy (non-hydrogen) atoms. The monoisotopic (exact) mass is 323 g/mol. The number of nitrogens with one attached hydrogen (secondary N) is 2. The molecule has 1 aliphatic rings. The number of ether oxygens (including phenoxy) is 1. The summed E-state index contributed by atoms with van der Waals surface area (Å²) in [5.41, 5.74) is 6.02. The van der Waals surface area contributed by atoms with E-state index in [9.17, 15) is 14.0 Å². The number of benzene rings is 1. The van der Waals surface area contributed by atoms with Crippen LogP contribution in [0.1, 0.15) is 38.3 Å². The molecule has 0 fully saturated rings. The van der Waals surface area contributed by atoms with Crippen molar-refractivity contribution in [1.29, 1.82) is 0 Å². The Balaban J connectivity index is 2.10. The van der Waals surface area contributed by atoms with Gasteiger partial charge in [0.15, 0.2) is 0 Å². The minimum absolute atomic E-state index is 0.114. The smallest absolute Gasteiger partial charge is 0.315 e. The molecule has 1 aromatic rings. The van der Waals surface area contributed by atoms with Crippen LogP contribution < -0.4 is 21.1 Å². The van der Waals surface area contributed by atoms with Gasteiger partial charge in [-0.3, -0.25) is 4.79 Å². The molecular formula is C16H22FN3O3. The molecule has 0 aliphatic carbocycles. The lowest BCUT2D eigenvalue weighted by molar-refractivity contribution is -0.120. The number of rotatable bonds is 4. The summed E-state index contributed by atoms with van der Waals surface area (Å²) < 4.78 is 18.8. The molecule has 3 amide bonds. The van der Waals surface area contributed by atoms with E-state index in [1.807, 2.05) is 0 Å². The van der Waals surface area contributed by atoms with Gasteiger partial charge in [-0.1, -0.05) is 19.9 Å². The van der Waals surface area contributed by atoms with E-state index in [0.717, 1.165) is 12.0 Å². The fraction of sp³-hybridized carbons (Fsp3) is 0.500. The number of halogens is 1. The van der Waals surface area contributed by atoms with Crippen molar-refractivity contribution < 1.29 is 18.7 Å². The standard InChI is InChI=1S/C16H22FN3O3/c1-9(2)14(15(18)21)20-16(22)19-12-4-3-7-23-13-8-10(17)5-6-11(12)13/h5-6,8-9,12,14H,3-4,7H2,1-2H3,(H2,18,21)(H2,19,20,22). The largest absolute Gasteiger partial charge is 0.493 e. The van der Waals surface area contributed by atoms with Crippen LogP contribution in [0.5, 0.6) is 5.75 Å². The second kappa shape index (κ2) is 7.30. The first-order chi connectivity index (χ1) is 10.9. The first-order valence-electron chi connectivity index (χ1n) is 7.67. The number of fused-ring (bicyclic) bond motifs is 1. The molecule has 0 bridgehead atoms. The van der Waals surface area contributed by atoms with E-state index in [4.69, 9.17) is 10.5 Å². The van der Waals surface area contributed by atoms with E-state index < -0.39 is 18.0 Å². The molecule has 0 saturated heterocycles. The van der Waals surface area contributed by atoms with Crippen LogP contribution in [0.3, 0.4) is 0 Å². The molecule has 0 radical (unpaired) electrons. The first-order valence-corrected chi connectivity index (χ1v) is 7.67. The van der Waals surface area contributed by atoms with Gasteiger partial charge in [0.2, 0.25) is 5.91 Å². The molecule has 0 aromatic heterocycles. The molecule has 0 spiro atoms. The van der Waals surface area contributed by atoms with Crippen molar-refractivity contribution in [3.8, 4) is 5.75 Å². The highest BCUT2D eigenvalue weighted by molar-refractivity contribution is 5.86. The van der Waals surface area contributed by atoms with Gasteiger partial charge >= 0.3 is 6.03 Å². The maximum absolute atomic E-state index is 13.3. The average molecular weight is 323 g/mol. The van der Waals surface area contributed by atoms with Crippen molar-refractivity contribution in [2.24, 2.45) is 11.7 Å². The summed E-state index contributed by atoms with van der Waals surface area (Å²) in [6, 6.07) is 2.71. The highest BCUT2D eigenvalue weighted by Gasteiger charge is 2.25. The molecule has 2 unspecified atom stereocenters. The Morgan fingerprint density at radius 2 is 2.13 bits per heavy atom. The Kier molecular flexibility index (Phi) is 5.41. The van der Waals surface area contributed by atoms with Crippen LogP contribution in [-0.2, 0) is 4.79 Å². The Labute approximate surface area is 134 Å². The van der Waals surface area contributed by atoms with Gasteiger partial charge in [-0.05, 0) is 24.8 Å². The third-order valence-electron chi connectivity index (χ3n) is 3.81. The Hall–Kier alpha value is -2.31. The molecule has 126 valence electrons. The summed E-state index contributed by atoms with van der Waals surface area (Å²) in [5.74, 6) is -0.649. The molecule has 2 rings (SSSR count). The van der Waals surface area contributed by atoms with Crippen molar-refractivity contribution in [1.82, 2.24) is 10.6 Å². The van der Waals surface area contributed by atoms with Crippen LogP contribution in [-0.4, -0.2) is 24.6 Å². The lowest BCUT2D eigenvalue weighted by Gasteiger charge is -2.23. The van der Waals surface area contributed by atoms with E-state index in [1.54, 1.807) is 19.9 Å². The number of carbonyl (C=O) groups excluding carboxylic acids is 2. The highest BCUT2D eigenvalue weighted by atomic mass is 19.1. The molecule has 2 atom stereocenters. The summed E-state index contributed by atoms with van der Waals surface area (Å²) in [6.45, 7) is 4.06. The predicted molar refractivity (Wildman–Crippen MR) is 83.4 cm³/mol. The highest BCUT2D eigenvalue weighted by Crippen LogP contribution is 2.31. The van der Waals surface area contributed by atoms with Crippen LogP contribution in [0.4, 0.5) is 9.18 Å². The molecule has 0 saturated carbocycles. The Bertz CT molecular complexity index is 592. The SMILES string of the molecule is CC(C)C(NC(=O)NC1CCCOc2cc(F)ccc21)C(N)=O. The molecule has 4 N–H and O–H groups in total. The second-order valence-corrected chi connectivity index (χ2v) is 5.97. The normalized spacial score (nSPS) is 18.3. The van der Waals surface area contributed by atoms with Gasteiger partial charge in [-0.2, -0.15) is 0 Å². The Morgan fingerprint density at radius 1 is 1.39 bits per heavy atom. The summed E-state index contributed by atoms with van der Waals surface area (Å²) >= 11 is 0. The van der Waals surface area contributed by atoms with Crippen molar-refractivity contribution >= 4 is 11.9 Å². The molecule has 1 aromatic carbocycles. The van der Waals surface area contributed by atoms with Crippen LogP contribution in [0.2, 0.25) is 0 Å². The number of primary amides is 1. The van der Waals surface area contributed by atoms with Crippen LogP contribution in [0, 0.1) is 11.7 Å². The second-order valence-electron chi connectivity index (χ2n) is 5.97. The Morgan fingerprint density at radius 3 is 2.78 bits per heavy atom. The maximum Gasteiger partial charge on any atom is 0.315 e. The lowest BCUT2D eigenvalue weighted by atomic mass is 10.0. The van der Waals surface area contributed by atoms with E-state index in [1.165, 1.54) is 12.1 Å². The third kappa shape index (κ3) is 4.34. The van der Waals surface area contributed by atoms with Crippen molar-refractivity contribution in [2.75, 3.05) is 6.61 Å². The fourth-order valence-corrected chi connectivity index (χ4v) is 2.60. The predicted octanol–water partition coefficient (Wildman–Crippen LogP) is 1.85. The topological polar surface area (TPSA) is 93.4 Å². The lowest BCUT2D eigenvalue weighted by Crippen LogP contribution is -2.51. The van der Waals surface area contributed by atoms with Crippen LogP contribution >= 0.6 is 0 Å². The van der Waals surface area contributed by atoms with E-state index in [-0.39, 0.29) is 17.8 Å². The van der Waals surface area contributed by atoms with Crippen LogP contribution in [0.25, 0.3) is 0 Å². The van der Waals surface area contributed by atoms with Gasteiger partial charge in [0.05, 0.1) is 12.6 Å². The third-order valence-corrected chi connectivity index (χ3v) is 3.81. The summed E-state index contributed by atoms with van der Waals surface area (Å²) in [4.78, 5) is 23.6. The zero-order valence-electron chi connectivity index (χ0n) is 13.3. The number of hydrogen-bond donors (Lipinski definition) is 3. The van der Waals surface area contributed by atoms with Crippen LogP contribution in [0.15, 0.2) is 18.2 Å². The summed E-state index contributed by atoms with van der Waals surface area (Å²) in [7, 11) is 0. The van der Waals surface area contributed by atoms with Gasteiger partial charge in [0.25, 0.3) is 0 Å². The van der Waals surface area contributed by atoms with Crippen molar-refractivity contribution in [2.45, 2.75) is 38.8 Å². The van der Waals surface area contributed by atoms with Gasteiger partial charge in [-0.15, -0.1) is 0 Å². The molecule has 1 heterocycles. The van der Waals surface area contributed by atoms with Gasteiger partial charge in [0.1, 0.15) is 17.6 Å². The zero-order valence-corrected chi connectivity index (χ0v) is 13.3. The maximum atomic E-state index is 13.3. The van der Waals surface area contributed by atoms with Gasteiger partial charge in [-0.25, -0.2) is 9.18 Å². The van der Waals surface area contributed by atoms with E-state index >= 15 is 0 Å². The number of amides is 3.